The van der Waals surface area contributed by atoms with Gasteiger partial charge in [-0.15, -0.1) is 0 Å². The molecule has 0 spiro atoms. The minimum atomic E-state index is -0.152. The Morgan fingerprint density at radius 3 is 2.78 bits per heavy atom. The number of hydrogen-bond acceptors (Lipinski definition) is 5. The molecule has 1 aliphatic heterocycles. The molecule has 0 aromatic carbocycles. The Morgan fingerprint density at radius 1 is 1.39 bits per heavy atom. The van der Waals surface area contributed by atoms with Gasteiger partial charge >= 0.3 is 0 Å². The van der Waals surface area contributed by atoms with Crippen molar-refractivity contribution in [2.24, 2.45) is 0 Å². The number of piperidine rings is 1. The summed E-state index contributed by atoms with van der Waals surface area (Å²) >= 11 is 0. The molecule has 1 aliphatic rings. The predicted molar refractivity (Wildman–Crippen MR) is 73.0 cm³/mol. The zero-order valence-electron chi connectivity index (χ0n) is 11.2. The second kappa shape index (κ2) is 6.00. The van der Waals surface area contributed by atoms with Gasteiger partial charge in [0.15, 0.2) is 0 Å². The van der Waals surface area contributed by atoms with Crippen LogP contribution in [0.1, 0.15) is 31.7 Å². The van der Waals surface area contributed by atoms with Crippen LogP contribution in [0.2, 0.25) is 0 Å². The van der Waals surface area contributed by atoms with Crippen molar-refractivity contribution in [2.75, 3.05) is 29.9 Å². The van der Waals surface area contributed by atoms with Gasteiger partial charge in [0.05, 0.1) is 6.10 Å². The van der Waals surface area contributed by atoms with E-state index in [0.717, 1.165) is 56.1 Å². The van der Waals surface area contributed by atoms with E-state index in [4.69, 9.17) is 0 Å². The number of hydrogen-bond donors (Lipinski definition) is 2. The standard InChI is InChI=1S/C13H22N4O/c1-3-6-14-12-10(2)13(16-9-15-12)17-7-4-11(18)5-8-17/h9,11,18H,3-8H2,1-2H3,(H,14,15,16). The summed E-state index contributed by atoms with van der Waals surface area (Å²) < 4.78 is 0. The summed E-state index contributed by atoms with van der Waals surface area (Å²) in [7, 11) is 0. The van der Waals surface area contributed by atoms with Crippen LogP contribution in [0.4, 0.5) is 11.6 Å². The van der Waals surface area contributed by atoms with Crippen LogP contribution in [-0.4, -0.2) is 40.8 Å². The van der Waals surface area contributed by atoms with E-state index >= 15 is 0 Å². The Hall–Kier alpha value is -1.36. The number of aliphatic hydroxyl groups is 1. The molecule has 5 heteroatoms. The molecule has 100 valence electrons. The molecule has 0 atom stereocenters. The third-order valence-corrected chi connectivity index (χ3v) is 3.36. The summed E-state index contributed by atoms with van der Waals surface area (Å²) in [6, 6.07) is 0. The molecule has 1 aromatic heterocycles. The third-order valence-electron chi connectivity index (χ3n) is 3.36. The molecule has 0 radical (unpaired) electrons. The molecule has 2 heterocycles. The van der Waals surface area contributed by atoms with Crippen molar-refractivity contribution >= 4 is 11.6 Å². The Bertz CT molecular complexity index is 389. The first kappa shape index (κ1) is 13.1. The Labute approximate surface area is 108 Å². The SMILES string of the molecule is CCCNc1ncnc(N2CCC(O)CC2)c1C. The van der Waals surface area contributed by atoms with Crippen LogP contribution in [-0.2, 0) is 0 Å². The summed E-state index contributed by atoms with van der Waals surface area (Å²) in [4.78, 5) is 10.9. The lowest BCUT2D eigenvalue weighted by Gasteiger charge is -2.31. The fourth-order valence-electron chi connectivity index (χ4n) is 2.26. The first-order valence-electron chi connectivity index (χ1n) is 6.71. The summed E-state index contributed by atoms with van der Waals surface area (Å²) in [5, 5.41) is 12.9. The number of nitrogens with one attached hydrogen (secondary N) is 1. The number of aliphatic hydroxyl groups excluding tert-OH is 1. The van der Waals surface area contributed by atoms with Gasteiger partial charge in [-0.3, -0.25) is 0 Å². The highest BCUT2D eigenvalue weighted by atomic mass is 16.3. The van der Waals surface area contributed by atoms with Gasteiger partial charge in [-0.05, 0) is 26.2 Å². The van der Waals surface area contributed by atoms with Crippen LogP contribution >= 0.6 is 0 Å². The fourth-order valence-corrected chi connectivity index (χ4v) is 2.26. The zero-order valence-corrected chi connectivity index (χ0v) is 11.2. The molecule has 0 saturated carbocycles. The lowest BCUT2D eigenvalue weighted by Crippen LogP contribution is -2.36. The van der Waals surface area contributed by atoms with Gasteiger partial charge in [0, 0.05) is 25.2 Å². The maximum Gasteiger partial charge on any atom is 0.137 e. The van der Waals surface area contributed by atoms with Crippen LogP contribution in [0.3, 0.4) is 0 Å². The average molecular weight is 250 g/mol. The minimum Gasteiger partial charge on any atom is -0.393 e. The molecule has 5 nitrogen and oxygen atoms in total. The van der Waals surface area contributed by atoms with Crippen LogP contribution in [0, 0.1) is 6.92 Å². The van der Waals surface area contributed by atoms with Gasteiger partial charge in [-0.1, -0.05) is 6.92 Å². The quantitative estimate of drug-likeness (QED) is 0.849. The van der Waals surface area contributed by atoms with Gasteiger partial charge in [0.2, 0.25) is 0 Å². The van der Waals surface area contributed by atoms with E-state index in [1.807, 2.05) is 0 Å². The monoisotopic (exact) mass is 250 g/mol. The zero-order chi connectivity index (χ0) is 13.0. The normalized spacial score (nSPS) is 16.9. The van der Waals surface area contributed by atoms with Gasteiger partial charge < -0.3 is 15.3 Å². The van der Waals surface area contributed by atoms with E-state index in [1.54, 1.807) is 6.33 Å². The number of nitrogens with zero attached hydrogens (tertiary/aromatic N) is 3. The molecule has 1 saturated heterocycles. The Balaban J connectivity index is 2.12. The predicted octanol–water partition coefficient (Wildman–Crippen LogP) is 1.57. The molecule has 1 aromatic rings. The van der Waals surface area contributed by atoms with Gasteiger partial charge in [-0.25, -0.2) is 9.97 Å². The van der Waals surface area contributed by atoms with Crippen LogP contribution < -0.4 is 10.2 Å². The van der Waals surface area contributed by atoms with Crippen LogP contribution in [0.15, 0.2) is 6.33 Å². The van der Waals surface area contributed by atoms with Crippen molar-refractivity contribution in [3.05, 3.63) is 11.9 Å². The number of aromatic nitrogens is 2. The van der Waals surface area contributed by atoms with Crippen LogP contribution in [0.25, 0.3) is 0 Å². The van der Waals surface area contributed by atoms with E-state index in [9.17, 15) is 5.11 Å². The summed E-state index contributed by atoms with van der Waals surface area (Å²) in [6.07, 6.45) is 4.18. The number of rotatable bonds is 4. The molecule has 0 unspecified atom stereocenters. The molecule has 2 N–H and O–H groups in total. The lowest BCUT2D eigenvalue weighted by atomic mass is 10.1. The average Bonchev–Trinajstić information content (AvgIpc) is 2.39. The minimum absolute atomic E-state index is 0.152. The van der Waals surface area contributed by atoms with Crippen molar-refractivity contribution in [1.29, 1.82) is 0 Å². The van der Waals surface area contributed by atoms with E-state index in [0.29, 0.717) is 0 Å². The van der Waals surface area contributed by atoms with Gasteiger partial charge in [0.1, 0.15) is 18.0 Å². The largest absolute Gasteiger partial charge is 0.393 e. The molecule has 2 rings (SSSR count). The van der Waals surface area contributed by atoms with Crippen molar-refractivity contribution in [3.63, 3.8) is 0 Å². The van der Waals surface area contributed by atoms with Gasteiger partial charge in [-0.2, -0.15) is 0 Å². The maximum atomic E-state index is 9.54. The highest BCUT2D eigenvalue weighted by Gasteiger charge is 2.20. The molecule has 1 fully saturated rings. The molecule has 0 amide bonds. The first-order chi connectivity index (χ1) is 8.72. The summed E-state index contributed by atoms with van der Waals surface area (Å²) in [6.45, 7) is 6.85. The second-order valence-corrected chi connectivity index (χ2v) is 4.82. The second-order valence-electron chi connectivity index (χ2n) is 4.82. The summed E-state index contributed by atoms with van der Waals surface area (Å²) in [5.74, 6) is 1.92. The maximum absolute atomic E-state index is 9.54. The molecule has 18 heavy (non-hydrogen) atoms. The van der Waals surface area contributed by atoms with Crippen LogP contribution in [0.5, 0.6) is 0 Å². The van der Waals surface area contributed by atoms with Crippen molar-refractivity contribution < 1.29 is 5.11 Å². The van der Waals surface area contributed by atoms with Crippen molar-refractivity contribution in [1.82, 2.24) is 9.97 Å². The first-order valence-corrected chi connectivity index (χ1v) is 6.71. The number of anilines is 2. The topological polar surface area (TPSA) is 61.3 Å². The Morgan fingerprint density at radius 2 is 2.11 bits per heavy atom. The highest BCUT2D eigenvalue weighted by Crippen LogP contribution is 2.25. The van der Waals surface area contributed by atoms with Crippen molar-refractivity contribution in [3.8, 4) is 0 Å². The Kier molecular flexibility index (Phi) is 4.36. The fraction of sp³-hybridized carbons (Fsp3) is 0.692. The molecule has 0 bridgehead atoms. The highest BCUT2D eigenvalue weighted by molar-refractivity contribution is 5.58. The van der Waals surface area contributed by atoms with E-state index in [1.165, 1.54) is 0 Å². The van der Waals surface area contributed by atoms with Gasteiger partial charge in [0.25, 0.3) is 0 Å². The van der Waals surface area contributed by atoms with E-state index in [2.05, 4.69) is 34.0 Å². The summed E-state index contributed by atoms with van der Waals surface area (Å²) in [5.41, 5.74) is 1.10. The molecular weight excluding hydrogens is 228 g/mol. The molecular formula is C13H22N4O. The molecule has 0 aliphatic carbocycles. The van der Waals surface area contributed by atoms with Crippen molar-refractivity contribution in [2.45, 2.75) is 39.2 Å². The van der Waals surface area contributed by atoms with E-state index < -0.39 is 0 Å². The lowest BCUT2D eigenvalue weighted by molar-refractivity contribution is 0.145. The third kappa shape index (κ3) is 2.90. The smallest absolute Gasteiger partial charge is 0.137 e. The van der Waals surface area contributed by atoms with E-state index in [-0.39, 0.29) is 6.10 Å².